The molecule has 1 aliphatic heterocycles. The molecule has 0 aromatic carbocycles. The molecule has 1 aromatic heterocycles. The first-order valence-electron chi connectivity index (χ1n) is 8.06. The van der Waals surface area contributed by atoms with Crippen molar-refractivity contribution in [3.05, 3.63) is 12.3 Å². The van der Waals surface area contributed by atoms with Crippen molar-refractivity contribution >= 4 is 16.0 Å². The first-order chi connectivity index (χ1) is 11.0. The Balaban J connectivity index is 1.64. The molecule has 3 rings (SSSR count). The maximum absolute atomic E-state index is 12.1. The minimum absolute atomic E-state index is 0.0902. The van der Waals surface area contributed by atoms with E-state index >= 15 is 0 Å². The summed E-state index contributed by atoms with van der Waals surface area (Å²) in [7, 11) is -1.57. The van der Waals surface area contributed by atoms with Gasteiger partial charge >= 0.3 is 0 Å². The number of aromatic nitrogens is 2. The third kappa shape index (κ3) is 4.11. The van der Waals surface area contributed by atoms with Gasteiger partial charge in [0.05, 0.1) is 13.4 Å². The molecule has 1 saturated carbocycles. The number of hydrogen-bond donors (Lipinski definition) is 0. The lowest BCUT2D eigenvalue weighted by Crippen LogP contribution is -2.48. The zero-order valence-electron chi connectivity index (χ0n) is 13.7. The lowest BCUT2D eigenvalue weighted by Gasteiger charge is -2.37. The summed E-state index contributed by atoms with van der Waals surface area (Å²) in [5, 5.41) is 0. The summed E-state index contributed by atoms with van der Waals surface area (Å²) in [4.78, 5) is 10.7. The van der Waals surface area contributed by atoms with E-state index < -0.39 is 10.0 Å². The summed E-state index contributed by atoms with van der Waals surface area (Å²) < 4.78 is 31.1. The number of anilines is 1. The molecular formula is C15H24N4O3S. The second-order valence-corrected chi connectivity index (χ2v) is 8.33. The van der Waals surface area contributed by atoms with Crippen molar-refractivity contribution in [3.8, 4) is 5.88 Å². The number of rotatable bonds is 6. The quantitative estimate of drug-likeness (QED) is 0.773. The molecule has 2 aliphatic rings. The van der Waals surface area contributed by atoms with Crippen molar-refractivity contribution in [3.63, 3.8) is 0 Å². The minimum atomic E-state index is -3.15. The smallest absolute Gasteiger partial charge is 0.228 e. The van der Waals surface area contributed by atoms with Gasteiger partial charge in [0.25, 0.3) is 0 Å². The molecule has 8 heteroatoms. The third-order valence-corrected chi connectivity index (χ3v) is 5.84. The summed E-state index contributed by atoms with van der Waals surface area (Å²) in [6.07, 6.45) is 6.93. The van der Waals surface area contributed by atoms with E-state index in [1.165, 1.54) is 6.26 Å². The summed E-state index contributed by atoms with van der Waals surface area (Å²) in [6.45, 7) is 2.20. The number of sulfonamides is 1. The minimum Gasteiger partial charge on any atom is -0.481 e. The van der Waals surface area contributed by atoms with Crippen molar-refractivity contribution in [1.82, 2.24) is 14.3 Å². The molecule has 0 spiro atoms. The van der Waals surface area contributed by atoms with Crippen LogP contribution in [0.15, 0.2) is 12.3 Å². The van der Waals surface area contributed by atoms with Gasteiger partial charge in [-0.25, -0.2) is 13.4 Å². The number of piperidine rings is 1. The SMILES string of the molecule is COc1ccnc(N2CCC(N(CC3CC3)S(C)(=O)=O)CC2)n1. The van der Waals surface area contributed by atoms with Crippen molar-refractivity contribution in [2.24, 2.45) is 5.92 Å². The van der Waals surface area contributed by atoms with Gasteiger partial charge in [0.15, 0.2) is 0 Å². The van der Waals surface area contributed by atoms with E-state index in [0.717, 1.165) is 38.8 Å². The fourth-order valence-electron chi connectivity index (χ4n) is 3.06. The van der Waals surface area contributed by atoms with Gasteiger partial charge in [-0.05, 0) is 31.6 Å². The Hall–Kier alpha value is -1.41. The highest BCUT2D eigenvalue weighted by Crippen LogP contribution is 2.32. The van der Waals surface area contributed by atoms with E-state index in [1.54, 1.807) is 23.7 Å². The molecule has 1 aromatic rings. The van der Waals surface area contributed by atoms with Gasteiger partial charge < -0.3 is 9.64 Å². The fraction of sp³-hybridized carbons (Fsp3) is 0.733. The molecule has 2 heterocycles. The first-order valence-corrected chi connectivity index (χ1v) is 9.91. The molecule has 0 atom stereocenters. The predicted octanol–water partition coefficient (Wildman–Crippen LogP) is 1.13. The second-order valence-electron chi connectivity index (χ2n) is 6.39. The van der Waals surface area contributed by atoms with E-state index in [1.807, 2.05) is 0 Å². The van der Waals surface area contributed by atoms with Crippen LogP contribution in [0, 0.1) is 5.92 Å². The lowest BCUT2D eigenvalue weighted by atomic mass is 10.1. The normalized spacial score (nSPS) is 20.0. The Morgan fingerprint density at radius 2 is 2.00 bits per heavy atom. The summed E-state index contributed by atoms with van der Waals surface area (Å²) in [6, 6.07) is 1.81. The van der Waals surface area contributed by atoms with Crippen LogP contribution in [0.25, 0.3) is 0 Å². The highest BCUT2D eigenvalue weighted by molar-refractivity contribution is 7.88. The number of nitrogens with zero attached hydrogens (tertiary/aromatic N) is 4. The second kappa shape index (κ2) is 6.60. The molecule has 2 fully saturated rings. The van der Waals surface area contributed by atoms with Crippen LogP contribution in [-0.4, -0.2) is 61.7 Å². The monoisotopic (exact) mass is 340 g/mol. The van der Waals surface area contributed by atoms with Gasteiger partial charge in [-0.15, -0.1) is 0 Å². The highest BCUT2D eigenvalue weighted by atomic mass is 32.2. The Labute approximate surface area is 137 Å². The molecule has 0 N–H and O–H groups in total. The van der Waals surface area contributed by atoms with Crippen LogP contribution in [0.1, 0.15) is 25.7 Å². The van der Waals surface area contributed by atoms with Gasteiger partial charge in [0.2, 0.25) is 21.9 Å². The van der Waals surface area contributed by atoms with Crippen LogP contribution in [0.5, 0.6) is 5.88 Å². The standard InChI is InChI=1S/C15H24N4O3S/c1-22-14-5-8-16-15(17-14)18-9-6-13(7-10-18)19(23(2,20)21)11-12-3-4-12/h5,8,12-13H,3-4,6-7,9-11H2,1-2H3. The van der Waals surface area contributed by atoms with Gasteiger partial charge in [-0.1, -0.05) is 0 Å². The Bertz CT molecular complexity index is 640. The van der Waals surface area contributed by atoms with E-state index in [9.17, 15) is 8.42 Å². The zero-order valence-corrected chi connectivity index (χ0v) is 14.5. The Kier molecular flexibility index (Phi) is 4.72. The van der Waals surface area contributed by atoms with Crippen molar-refractivity contribution in [2.45, 2.75) is 31.7 Å². The number of hydrogen-bond acceptors (Lipinski definition) is 6. The van der Waals surface area contributed by atoms with Crippen LogP contribution >= 0.6 is 0 Å². The molecule has 0 bridgehead atoms. The van der Waals surface area contributed by atoms with Crippen molar-refractivity contribution in [2.75, 3.05) is 37.9 Å². The van der Waals surface area contributed by atoms with E-state index in [0.29, 0.717) is 24.3 Å². The average molecular weight is 340 g/mol. The van der Waals surface area contributed by atoms with Crippen LogP contribution in [-0.2, 0) is 10.0 Å². The van der Waals surface area contributed by atoms with E-state index in [-0.39, 0.29) is 6.04 Å². The molecule has 1 aliphatic carbocycles. The van der Waals surface area contributed by atoms with Crippen LogP contribution in [0.4, 0.5) is 5.95 Å². The topological polar surface area (TPSA) is 75.6 Å². The molecule has 23 heavy (non-hydrogen) atoms. The third-order valence-electron chi connectivity index (χ3n) is 4.54. The fourth-order valence-corrected chi connectivity index (χ4v) is 4.30. The Morgan fingerprint density at radius 1 is 1.30 bits per heavy atom. The van der Waals surface area contributed by atoms with E-state index in [4.69, 9.17) is 4.74 Å². The maximum Gasteiger partial charge on any atom is 0.228 e. The average Bonchev–Trinajstić information content (AvgIpc) is 3.36. The van der Waals surface area contributed by atoms with Crippen molar-refractivity contribution in [1.29, 1.82) is 0 Å². The van der Waals surface area contributed by atoms with Gasteiger partial charge in [-0.3, -0.25) is 0 Å². The van der Waals surface area contributed by atoms with Crippen LogP contribution < -0.4 is 9.64 Å². The summed E-state index contributed by atoms with van der Waals surface area (Å²) >= 11 is 0. The van der Waals surface area contributed by atoms with Crippen molar-refractivity contribution < 1.29 is 13.2 Å². The molecule has 128 valence electrons. The first kappa shape index (κ1) is 16.4. The van der Waals surface area contributed by atoms with E-state index in [2.05, 4.69) is 14.9 Å². The van der Waals surface area contributed by atoms with Gasteiger partial charge in [-0.2, -0.15) is 9.29 Å². The van der Waals surface area contributed by atoms with Crippen LogP contribution in [0.3, 0.4) is 0 Å². The largest absolute Gasteiger partial charge is 0.481 e. The molecule has 0 amide bonds. The predicted molar refractivity (Wildman–Crippen MR) is 88.1 cm³/mol. The number of methoxy groups -OCH3 is 1. The lowest BCUT2D eigenvalue weighted by molar-refractivity contribution is 0.267. The Morgan fingerprint density at radius 3 is 2.57 bits per heavy atom. The molecule has 0 radical (unpaired) electrons. The van der Waals surface area contributed by atoms with Gasteiger partial charge in [0.1, 0.15) is 0 Å². The summed E-state index contributed by atoms with van der Waals surface area (Å²) in [5.41, 5.74) is 0. The molecule has 7 nitrogen and oxygen atoms in total. The molecule has 1 saturated heterocycles. The summed E-state index contributed by atoms with van der Waals surface area (Å²) in [5.74, 6) is 1.75. The van der Waals surface area contributed by atoms with Gasteiger partial charge in [0, 0.05) is 37.9 Å². The maximum atomic E-state index is 12.1. The van der Waals surface area contributed by atoms with Crippen LogP contribution in [0.2, 0.25) is 0 Å². The molecule has 0 unspecified atom stereocenters. The number of ether oxygens (including phenoxy) is 1. The highest BCUT2D eigenvalue weighted by Gasteiger charge is 2.35. The molecular weight excluding hydrogens is 316 g/mol. The zero-order chi connectivity index (χ0) is 16.4.